The van der Waals surface area contributed by atoms with Crippen LogP contribution in [0.3, 0.4) is 0 Å². The first-order chi connectivity index (χ1) is 9.49. The number of aryl methyl sites for hydroxylation is 1. The first-order valence-electron chi connectivity index (χ1n) is 7.68. The van der Waals surface area contributed by atoms with Crippen molar-refractivity contribution in [3.05, 3.63) is 20.3 Å². The lowest BCUT2D eigenvalue weighted by Gasteiger charge is -2.32. The molecule has 4 heteroatoms. The average molecular weight is 359 g/mol. The monoisotopic (exact) mass is 358 g/mol. The number of thiophene rings is 1. The molecule has 1 aliphatic rings. The van der Waals surface area contributed by atoms with E-state index >= 15 is 0 Å². The molecule has 0 radical (unpaired) electrons. The average Bonchev–Trinajstić information content (AvgIpc) is 2.60. The second kappa shape index (κ2) is 7.39. The molecule has 1 saturated heterocycles. The lowest BCUT2D eigenvalue weighted by molar-refractivity contribution is 0.190. The predicted octanol–water partition coefficient (Wildman–Crippen LogP) is 4.59. The van der Waals surface area contributed by atoms with Crippen LogP contribution in [0.2, 0.25) is 0 Å². The Morgan fingerprint density at radius 2 is 2.20 bits per heavy atom. The maximum Gasteiger partial charge on any atom is 0.0479 e. The molecule has 0 amide bonds. The Balaban J connectivity index is 2.20. The smallest absolute Gasteiger partial charge is 0.0479 e. The quantitative estimate of drug-likeness (QED) is 0.846. The van der Waals surface area contributed by atoms with Crippen molar-refractivity contribution in [3.8, 4) is 0 Å². The number of rotatable bonds is 4. The molecule has 1 aromatic heterocycles. The summed E-state index contributed by atoms with van der Waals surface area (Å²) in [4.78, 5) is 5.49. The summed E-state index contributed by atoms with van der Waals surface area (Å²) in [6.45, 7) is 9.03. The van der Waals surface area contributed by atoms with Gasteiger partial charge in [-0.15, -0.1) is 11.3 Å². The van der Waals surface area contributed by atoms with Gasteiger partial charge in [-0.3, -0.25) is 4.90 Å². The topological polar surface area (TPSA) is 15.3 Å². The van der Waals surface area contributed by atoms with Crippen molar-refractivity contribution in [2.75, 3.05) is 20.1 Å². The van der Waals surface area contributed by atoms with Crippen molar-refractivity contribution >= 4 is 27.3 Å². The predicted molar refractivity (Wildman–Crippen MR) is 92.6 cm³/mol. The SMILES string of the molecule is Cc1sc(C2C(CNC(C)C)CCCCN2C)cc1Br. The highest BCUT2D eigenvalue weighted by Gasteiger charge is 2.30. The van der Waals surface area contributed by atoms with Gasteiger partial charge in [-0.25, -0.2) is 0 Å². The van der Waals surface area contributed by atoms with Gasteiger partial charge in [-0.1, -0.05) is 20.3 Å². The fraction of sp³-hybridized carbons (Fsp3) is 0.750. The van der Waals surface area contributed by atoms with Crippen molar-refractivity contribution in [1.82, 2.24) is 10.2 Å². The zero-order valence-electron chi connectivity index (χ0n) is 13.1. The van der Waals surface area contributed by atoms with Crippen LogP contribution in [-0.2, 0) is 0 Å². The van der Waals surface area contributed by atoms with Crippen LogP contribution in [0.1, 0.15) is 48.9 Å². The van der Waals surface area contributed by atoms with Crippen LogP contribution in [0, 0.1) is 12.8 Å². The molecule has 114 valence electrons. The fourth-order valence-electron chi connectivity index (χ4n) is 3.10. The van der Waals surface area contributed by atoms with Crippen LogP contribution in [-0.4, -0.2) is 31.1 Å². The van der Waals surface area contributed by atoms with Gasteiger partial charge in [-0.05, 0) is 61.3 Å². The van der Waals surface area contributed by atoms with E-state index in [1.807, 2.05) is 11.3 Å². The maximum absolute atomic E-state index is 3.68. The van der Waals surface area contributed by atoms with Crippen molar-refractivity contribution in [2.24, 2.45) is 5.92 Å². The zero-order valence-corrected chi connectivity index (χ0v) is 15.5. The highest BCUT2D eigenvalue weighted by atomic mass is 79.9. The summed E-state index contributed by atoms with van der Waals surface area (Å²) in [5.41, 5.74) is 0. The molecular formula is C16H27BrN2S. The number of halogens is 1. The van der Waals surface area contributed by atoms with Gasteiger partial charge in [0.1, 0.15) is 0 Å². The van der Waals surface area contributed by atoms with Gasteiger partial charge in [0, 0.05) is 32.9 Å². The van der Waals surface area contributed by atoms with E-state index in [0.29, 0.717) is 12.1 Å². The number of likely N-dealkylation sites (tertiary alicyclic amines) is 1. The van der Waals surface area contributed by atoms with Gasteiger partial charge in [0.15, 0.2) is 0 Å². The Kier molecular flexibility index (Phi) is 6.09. The Bertz CT molecular complexity index is 411. The summed E-state index contributed by atoms with van der Waals surface area (Å²) in [7, 11) is 2.29. The summed E-state index contributed by atoms with van der Waals surface area (Å²) in [5.74, 6) is 0.717. The zero-order chi connectivity index (χ0) is 14.7. The Morgan fingerprint density at radius 3 is 2.80 bits per heavy atom. The minimum absolute atomic E-state index is 0.568. The van der Waals surface area contributed by atoms with Gasteiger partial charge in [0.2, 0.25) is 0 Å². The lowest BCUT2D eigenvalue weighted by atomic mass is 9.93. The van der Waals surface area contributed by atoms with Crippen LogP contribution < -0.4 is 5.32 Å². The van der Waals surface area contributed by atoms with Gasteiger partial charge < -0.3 is 5.32 Å². The molecule has 1 aromatic rings. The number of nitrogens with zero attached hydrogens (tertiary/aromatic N) is 1. The first-order valence-corrected chi connectivity index (χ1v) is 9.29. The van der Waals surface area contributed by atoms with Gasteiger partial charge in [0.25, 0.3) is 0 Å². The van der Waals surface area contributed by atoms with E-state index in [1.54, 1.807) is 0 Å². The van der Waals surface area contributed by atoms with Crippen LogP contribution in [0.15, 0.2) is 10.5 Å². The van der Waals surface area contributed by atoms with Crippen LogP contribution in [0.5, 0.6) is 0 Å². The summed E-state index contributed by atoms with van der Waals surface area (Å²) in [5, 5.41) is 3.65. The van der Waals surface area contributed by atoms with E-state index in [4.69, 9.17) is 0 Å². The standard InChI is InChI=1S/C16H27BrN2S/c1-11(2)18-10-13-7-5-6-8-19(4)16(13)15-9-14(17)12(3)20-15/h9,11,13,16,18H,5-8,10H2,1-4H3. The molecule has 2 atom stereocenters. The highest BCUT2D eigenvalue weighted by Crippen LogP contribution is 2.39. The minimum Gasteiger partial charge on any atom is -0.314 e. The van der Waals surface area contributed by atoms with E-state index in [-0.39, 0.29) is 0 Å². The molecule has 0 spiro atoms. The minimum atomic E-state index is 0.568. The molecule has 2 nitrogen and oxygen atoms in total. The van der Waals surface area contributed by atoms with Gasteiger partial charge in [-0.2, -0.15) is 0 Å². The molecule has 0 saturated carbocycles. The molecule has 2 heterocycles. The number of nitrogens with one attached hydrogen (secondary N) is 1. The molecule has 2 unspecified atom stereocenters. The summed E-state index contributed by atoms with van der Waals surface area (Å²) >= 11 is 5.64. The summed E-state index contributed by atoms with van der Waals surface area (Å²) < 4.78 is 1.27. The largest absolute Gasteiger partial charge is 0.314 e. The van der Waals surface area contributed by atoms with Crippen LogP contribution >= 0.6 is 27.3 Å². The molecule has 0 aromatic carbocycles. The summed E-state index contributed by atoms with van der Waals surface area (Å²) in [6, 6.07) is 3.48. The van der Waals surface area contributed by atoms with E-state index in [2.05, 4.69) is 60.0 Å². The van der Waals surface area contributed by atoms with Crippen molar-refractivity contribution in [2.45, 2.75) is 52.1 Å². The fourth-order valence-corrected chi connectivity index (χ4v) is 4.92. The lowest BCUT2D eigenvalue weighted by Crippen LogP contribution is -2.36. The number of hydrogen-bond acceptors (Lipinski definition) is 3. The third-order valence-electron chi connectivity index (χ3n) is 4.21. The molecule has 1 N–H and O–H groups in total. The van der Waals surface area contributed by atoms with Gasteiger partial charge in [0.05, 0.1) is 0 Å². The van der Waals surface area contributed by atoms with E-state index in [1.165, 1.54) is 40.0 Å². The number of hydrogen-bond donors (Lipinski definition) is 1. The first kappa shape index (κ1) is 16.5. The second-order valence-corrected chi connectivity index (χ2v) is 8.44. The summed E-state index contributed by atoms with van der Waals surface area (Å²) in [6.07, 6.45) is 4.02. The maximum atomic E-state index is 3.68. The Morgan fingerprint density at radius 1 is 1.45 bits per heavy atom. The Hall–Kier alpha value is 0.100. The van der Waals surface area contributed by atoms with Crippen molar-refractivity contribution in [1.29, 1.82) is 0 Å². The Labute approximate surface area is 136 Å². The van der Waals surface area contributed by atoms with E-state index < -0.39 is 0 Å². The van der Waals surface area contributed by atoms with Crippen LogP contribution in [0.25, 0.3) is 0 Å². The highest BCUT2D eigenvalue weighted by molar-refractivity contribution is 9.10. The van der Waals surface area contributed by atoms with Crippen molar-refractivity contribution in [3.63, 3.8) is 0 Å². The molecule has 0 aliphatic carbocycles. The molecule has 20 heavy (non-hydrogen) atoms. The molecular weight excluding hydrogens is 332 g/mol. The second-order valence-electron chi connectivity index (χ2n) is 6.30. The van der Waals surface area contributed by atoms with Crippen LogP contribution in [0.4, 0.5) is 0 Å². The third kappa shape index (κ3) is 4.06. The van der Waals surface area contributed by atoms with Gasteiger partial charge >= 0.3 is 0 Å². The normalized spacial score (nSPS) is 25.1. The van der Waals surface area contributed by atoms with E-state index in [9.17, 15) is 0 Å². The molecule has 0 bridgehead atoms. The molecule has 2 rings (SSSR count). The molecule has 1 fully saturated rings. The molecule has 1 aliphatic heterocycles. The van der Waals surface area contributed by atoms with E-state index in [0.717, 1.165) is 12.5 Å². The third-order valence-corrected chi connectivity index (χ3v) is 6.42. The van der Waals surface area contributed by atoms with Crippen molar-refractivity contribution < 1.29 is 0 Å².